The van der Waals surface area contributed by atoms with Crippen LogP contribution in [0.4, 0.5) is 0 Å². The van der Waals surface area contributed by atoms with Crippen LogP contribution in [-0.4, -0.2) is 30.6 Å². The second-order valence-corrected chi connectivity index (χ2v) is 4.94. The van der Waals surface area contributed by atoms with Gasteiger partial charge in [0, 0.05) is 13.2 Å². The van der Waals surface area contributed by atoms with E-state index < -0.39 is 0 Å². The number of para-hydroxylation sites is 1. The summed E-state index contributed by atoms with van der Waals surface area (Å²) in [6, 6.07) is 9.60. The second kappa shape index (κ2) is 5.01. The molecule has 0 spiro atoms. The van der Waals surface area contributed by atoms with Gasteiger partial charge in [0.2, 0.25) is 5.78 Å². The Bertz CT molecular complexity index is 743. The number of aryl methyl sites for hydroxylation is 1. The fraction of sp³-hybridized carbons (Fsp3) is 0.0769. The fourth-order valence-corrected chi connectivity index (χ4v) is 2.38. The monoisotopic (exact) mass is 331 g/mol. The summed E-state index contributed by atoms with van der Waals surface area (Å²) in [4.78, 5) is 12.4. The van der Waals surface area contributed by atoms with Crippen LogP contribution in [0, 0.1) is 0 Å². The van der Waals surface area contributed by atoms with Crippen LogP contribution >= 0.6 is 15.9 Å². The highest BCUT2D eigenvalue weighted by Gasteiger charge is 2.20. The van der Waals surface area contributed by atoms with Crippen LogP contribution in [0.3, 0.4) is 0 Å². The summed E-state index contributed by atoms with van der Waals surface area (Å²) >= 11 is 3.22. The molecule has 0 amide bonds. The molecular weight excluding hydrogens is 322 g/mol. The number of hydrogen-bond acceptors (Lipinski definition) is 4. The molecule has 0 aliphatic rings. The van der Waals surface area contributed by atoms with E-state index in [4.69, 9.17) is 0 Å². The molecule has 0 N–H and O–H groups in total. The number of halogens is 1. The number of benzene rings is 1. The number of carbonyl (C=O) groups excluding carboxylic acids is 1. The summed E-state index contributed by atoms with van der Waals surface area (Å²) in [6.45, 7) is 0. The SMILES string of the molecule is Cn1nnc(Br)c1C(=O)c1cnn(-c2ccccc2)c1. The van der Waals surface area contributed by atoms with E-state index in [9.17, 15) is 4.79 Å². The Morgan fingerprint density at radius 3 is 2.65 bits per heavy atom. The highest BCUT2D eigenvalue weighted by Crippen LogP contribution is 2.17. The summed E-state index contributed by atoms with van der Waals surface area (Å²) < 4.78 is 3.52. The standard InChI is InChI=1S/C13H10BrN5O/c1-18-11(13(14)16-17-18)12(20)9-7-15-19(8-9)10-5-3-2-4-6-10/h2-8H,1H3. The van der Waals surface area contributed by atoms with Gasteiger partial charge in [-0.1, -0.05) is 23.4 Å². The smallest absolute Gasteiger partial charge is 0.217 e. The van der Waals surface area contributed by atoms with Crippen molar-refractivity contribution in [1.82, 2.24) is 24.8 Å². The van der Waals surface area contributed by atoms with Gasteiger partial charge in [0.15, 0.2) is 4.60 Å². The van der Waals surface area contributed by atoms with Crippen LogP contribution in [0.5, 0.6) is 0 Å². The van der Waals surface area contributed by atoms with Gasteiger partial charge < -0.3 is 0 Å². The molecule has 0 atom stereocenters. The first kappa shape index (κ1) is 12.7. The van der Waals surface area contributed by atoms with Crippen molar-refractivity contribution in [3.8, 4) is 5.69 Å². The minimum absolute atomic E-state index is 0.174. The molecule has 1 aromatic carbocycles. The van der Waals surface area contributed by atoms with E-state index in [0.717, 1.165) is 5.69 Å². The topological polar surface area (TPSA) is 65.6 Å². The lowest BCUT2D eigenvalue weighted by atomic mass is 10.2. The average molecular weight is 332 g/mol. The average Bonchev–Trinajstić information content (AvgIpc) is 3.07. The maximum absolute atomic E-state index is 12.4. The zero-order valence-corrected chi connectivity index (χ0v) is 12.1. The first-order valence-electron chi connectivity index (χ1n) is 5.87. The van der Waals surface area contributed by atoms with Gasteiger partial charge in [0.25, 0.3) is 0 Å². The number of carbonyl (C=O) groups is 1. The Morgan fingerprint density at radius 1 is 1.25 bits per heavy atom. The maximum atomic E-state index is 12.4. The van der Waals surface area contributed by atoms with Gasteiger partial charge in [-0.05, 0) is 28.1 Å². The molecule has 0 saturated heterocycles. The lowest BCUT2D eigenvalue weighted by Crippen LogP contribution is -2.08. The molecule has 0 aliphatic carbocycles. The Hall–Kier alpha value is -2.28. The van der Waals surface area contributed by atoms with E-state index in [-0.39, 0.29) is 5.78 Å². The zero-order valence-electron chi connectivity index (χ0n) is 10.6. The first-order valence-corrected chi connectivity index (χ1v) is 6.66. The van der Waals surface area contributed by atoms with Crippen molar-refractivity contribution in [2.24, 2.45) is 7.05 Å². The molecular formula is C13H10BrN5O. The lowest BCUT2D eigenvalue weighted by Gasteiger charge is -1.99. The molecule has 0 bridgehead atoms. The van der Waals surface area contributed by atoms with Gasteiger partial charge in [-0.3, -0.25) is 4.79 Å². The van der Waals surface area contributed by atoms with E-state index in [0.29, 0.717) is 15.9 Å². The Morgan fingerprint density at radius 2 is 2.00 bits per heavy atom. The molecule has 0 aliphatic heterocycles. The molecule has 0 saturated carbocycles. The largest absolute Gasteiger partial charge is 0.287 e. The minimum Gasteiger partial charge on any atom is -0.287 e. The van der Waals surface area contributed by atoms with Crippen LogP contribution in [-0.2, 0) is 7.05 Å². The van der Waals surface area contributed by atoms with Crippen molar-refractivity contribution < 1.29 is 4.79 Å². The normalized spacial score (nSPS) is 10.7. The highest BCUT2D eigenvalue weighted by atomic mass is 79.9. The van der Waals surface area contributed by atoms with Gasteiger partial charge in [-0.25, -0.2) is 9.36 Å². The lowest BCUT2D eigenvalue weighted by molar-refractivity contribution is 0.102. The van der Waals surface area contributed by atoms with E-state index in [2.05, 4.69) is 31.3 Å². The molecule has 100 valence electrons. The Balaban J connectivity index is 1.97. The molecule has 0 fully saturated rings. The van der Waals surface area contributed by atoms with Crippen LogP contribution in [0.1, 0.15) is 16.1 Å². The quantitative estimate of drug-likeness (QED) is 0.688. The molecule has 2 aromatic heterocycles. The first-order chi connectivity index (χ1) is 9.66. The van der Waals surface area contributed by atoms with Gasteiger partial charge in [-0.15, -0.1) is 5.10 Å². The van der Waals surface area contributed by atoms with Crippen molar-refractivity contribution in [1.29, 1.82) is 0 Å². The van der Waals surface area contributed by atoms with Crippen molar-refractivity contribution >= 4 is 21.7 Å². The van der Waals surface area contributed by atoms with E-state index >= 15 is 0 Å². The maximum Gasteiger partial charge on any atom is 0.217 e. The molecule has 0 unspecified atom stereocenters. The van der Waals surface area contributed by atoms with Crippen molar-refractivity contribution in [3.63, 3.8) is 0 Å². The molecule has 3 rings (SSSR count). The van der Waals surface area contributed by atoms with Gasteiger partial charge in [0.1, 0.15) is 5.69 Å². The van der Waals surface area contributed by atoms with E-state index in [1.807, 2.05) is 30.3 Å². The molecule has 3 aromatic rings. The third kappa shape index (κ3) is 2.16. The van der Waals surface area contributed by atoms with E-state index in [1.54, 1.807) is 17.9 Å². The second-order valence-electron chi connectivity index (χ2n) is 4.19. The minimum atomic E-state index is -0.174. The summed E-state index contributed by atoms with van der Waals surface area (Å²) in [7, 11) is 1.67. The van der Waals surface area contributed by atoms with E-state index in [1.165, 1.54) is 10.9 Å². The van der Waals surface area contributed by atoms with Crippen LogP contribution in [0.2, 0.25) is 0 Å². The van der Waals surface area contributed by atoms with Gasteiger partial charge >= 0.3 is 0 Å². The van der Waals surface area contributed by atoms with Crippen LogP contribution in [0.25, 0.3) is 5.69 Å². The fourth-order valence-electron chi connectivity index (χ4n) is 1.87. The summed E-state index contributed by atoms with van der Waals surface area (Å²) in [5.41, 5.74) is 1.78. The zero-order chi connectivity index (χ0) is 14.1. The molecule has 6 nitrogen and oxygen atoms in total. The Labute approximate surface area is 123 Å². The summed E-state index contributed by atoms with van der Waals surface area (Å²) in [6.07, 6.45) is 3.23. The summed E-state index contributed by atoms with van der Waals surface area (Å²) in [5, 5.41) is 11.8. The van der Waals surface area contributed by atoms with Gasteiger partial charge in [-0.2, -0.15) is 5.10 Å². The van der Waals surface area contributed by atoms with Crippen LogP contribution in [0.15, 0.2) is 47.3 Å². The third-order valence-electron chi connectivity index (χ3n) is 2.87. The number of nitrogens with zero attached hydrogens (tertiary/aromatic N) is 5. The highest BCUT2D eigenvalue weighted by molar-refractivity contribution is 9.10. The van der Waals surface area contributed by atoms with Gasteiger partial charge in [0.05, 0.1) is 17.4 Å². The summed E-state index contributed by atoms with van der Waals surface area (Å²) in [5.74, 6) is -0.174. The van der Waals surface area contributed by atoms with Crippen molar-refractivity contribution in [2.45, 2.75) is 0 Å². The van der Waals surface area contributed by atoms with Crippen molar-refractivity contribution in [2.75, 3.05) is 0 Å². The number of aromatic nitrogens is 5. The predicted octanol–water partition coefficient (Wildman–Crippen LogP) is 1.99. The number of hydrogen-bond donors (Lipinski definition) is 0. The number of rotatable bonds is 3. The molecule has 0 radical (unpaired) electrons. The molecule has 2 heterocycles. The molecule has 7 heteroatoms. The molecule has 20 heavy (non-hydrogen) atoms. The third-order valence-corrected chi connectivity index (χ3v) is 3.40. The predicted molar refractivity (Wildman–Crippen MR) is 75.7 cm³/mol. The van der Waals surface area contributed by atoms with Crippen LogP contribution < -0.4 is 0 Å². The van der Waals surface area contributed by atoms with Crippen molar-refractivity contribution in [3.05, 3.63) is 58.6 Å². The number of ketones is 1. The Kier molecular flexibility index (Phi) is 3.19.